The van der Waals surface area contributed by atoms with E-state index < -0.39 is 9.84 Å². The minimum Gasteiger partial charge on any atom is -0.338 e. The van der Waals surface area contributed by atoms with Crippen LogP contribution in [0.3, 0.4) is 0 Å². The Hall–Kier alpha value is -1.66. The Morgan fingerprint density at radius 2 is 2.20 bits per heavy atom. The first-order valence-electron chi connectivity index (χ1n) is 6.59. The van der Waals surface area contributed by atoms with Crippen molar-refractivity contribution in [3.8, 4) is 0 Å². The Morgan fingerprint density at radius 3 is 2.95 bits per heavy atom. The third kappa shape index (κ3) is 2.36. The summed E-state index contributed by atoms with van der Waals surface area (Å²) >= 11 is 0. The summed E-state index contributed by atoms with van der Waals surface area (Å²) in [4.78, 5) is 4.72. The summed E-state index contributed by atoms with van der Waals surface area (Å²) in [5.41, 5.74) is 0.882. The molecule has 0 saturated carbocycles. The molecule has 0 radical (unpaired) electrons. The quantitative estimate of drug-likeness (QED) is 0.915. The fourth-order valence-corrected chi connectivity index (χ4v) is 4.39. The molecule has 3 rings (SSSR count). The van der Waals surface area contributed by atoms with Crippen LogP contribution in [0, 0.1) is 0 Å². The van der Waals surface area contributed by atoms with Crippen molar-refractivity contribution in [3.05, 3.63) is 48.0 Å². The molecule has 1 N–H and O–H groups in total. The summed E-state index contributed by atoms with van der Waals surface area (Å²) in [6.45, 7) is 0.708. The summed E-state index contributed by atoms with van der Waals surface area (Å²) < 4.78 is 26.1. The monoisotopic (exact) mass is 291 g/mol. The maximum Gasteiger partial charge on any atom is 0.180 e. The number of nitrogens with zero attached hydrogens (tertiary/aromatic N) is 2. The molecular formula is C14H17N3O2S. The van der Waals surface area contributed by atoms with E-state index in [-0.39, 0.29) is 11.8 Å². The topological polar surface area (TPSA) is 64.0 Å². The predicted octanol–water partition coefficient (Wildman–Crippen LogP) is 1.08. The van der Waals surface area contributed by atoms with Crippen molar-refractivity contribution in [2.75, 3.05) is 12.3 Å². The molecule has 1 aromatic heterocycles. The maximum absolute atomic E-state index is 12.1. The van der Waals surface area contributed by atoms with Gasteiger partial charge in [0.1, 0.15) is 5.82 Å². The molecule has 1 aromatic carbocycles. The third-order valence-corrected chi connectivity index (χ3v) is 5.49. The molecule has 2 heterocycles. The average molecular weight is 291 g/mol. The van der Waals surface area contributed by atoms with Crippen LogP contribution in [0.5, 0.6) is 0 Å². The summed E-state index contributed by atoms with van der Waals surface area (Å²) in [5, 5.41) is 3.33. The van der Waals surface area contributed by atoms with Gasteiger partial charge in [-0.1, -0.05) is 18.2 Å². The Kier molecular flexibility index (Phi) is 3.35. The van der Waals surface area contributed by atoms with Crippen molar-refractivity contribution in [2.45, 2.75) is 17.4 Å². The lowest BCUT2D eigenvalue weighted by Gasteiger charge is -2.12. The van der Waals surface area contributed by atoms with Gasteiger partial charge in [0.05, 0.1) is 10.6 Å². The second-order valence-electron chi connectivity index (χ2n) is 5.03. The molecule has 106 valence electrons. The molecule has 0 bridgehead atoms. The van der Waals surface area contributed by atoms with Gasteiger partial charge in [-0.3, -0.25) is 0 Å². The molecule has 1 aliphatic rings. The minimum absolute atomic E-state index is 0.114. The van der Waals surface area contributed by atoms with Crippen LogP contribution in [-0.2, 0) is 23.3 Å². The van der Waals surface area contributed by atoms with Gasteiger partial charge in [-0.15, -0.1) is 0 Å². The molecule has 6 heteroatoms. The summed E-state index contributed by atoms with van der Waals surface area (Å²) in [6, 6.07) is 7.11. The number of hydrogen-bond donors (Lipinski definition) is 1. The largest absolute Gasteiger partial charge is 0.338 e. The van der Waals surface area contributed by atoms with Crippen molar-refractivity contribution in [1.82, 2.24) is 14.9 Å². The third-order valence-electron chi connectivity index (χ3n) is 3.68. The summed E-state index contributed by atoms with van der Waals surface area (Å²) in [7, 11) is -1.17. The van der Waals surface area contributed by atoms with E-state index in [9.17, 15) is 8.42 Å². The highest BCUT2D eigenvalue weighted by Crippen LogP contribution is 2.32. The van der Waals surface area contributed by atoms with E-state index in [1.807, 2.05) is 29.9 Å². The molecule has 1 unspecified atom stereocenters. The smallest absolute Gasteiger partial charge is 0.180 e. The van der Waals surface area contributed by atoms with Gasteiger partial charge in [-0.2, -0.15) is 0 Å². The van der Waals surface area contributed by atoms with Gasteiger partial charge >= 0.3 is 0 Å². The highest BCUT2D eigenvalue weighted by atomic mass is 32.2. The number of rotatable bonds is 4. The van der Waals surface area contributed by atoms with Crippen LogP contribution in [0.25, 0.3) is 0 Å². The zero-order chi connectivity index (χ0) is 14.2. The number of sulfone groups is 1. The normalized spacial score (nSPS) is 19.9. The van der Waals surface area contributed by atoms with Gasteiger partial charge in [0.15, 0.2) is 9.84 Å². The molecule has 0 fully saturated rings. The Morgan fingerprint density at radius 1 is 1.40 bits per heavy atom. The highest BCUT2D eigenvalue weighted by molar-refractivity contribution is 7.91. The Balaban J connectivity index is 1.69. The number of aromatic nitrogens is 2. The minimum atomic E-state index is -3.13. The van der Waals surface area contributed by atoms with E-state index in [4.69, 9.17) is 0 Å². The first kappa shape index (κ1) is 13.3. The van der Waals surface area contributed by atoms with Gasteiger partial charge < -0.3 is 9.88 Å². The van der Waals surface area contributed by atoms with Gasteiger partial charge in [0.2, 0.25) is 0 Å². The van der Waals surface area contributed by atoms with Gasteiger partial charge in [-0.05, 0) is 11.6 Å². The van der Waals surface area contributed by atoms with E-state index in [0.717, 1.165) is 17.8 Å². The Bertz CT molecular complexity index is 722. The molecule has 1 atom stereocenters. The van der Waals surface area contributed by atoms with E-state index in [1.54, 1.807) is 18.3 Å². The molecule has 5 nitrogen and oxygen atoms in total. The van der Waals surface area contributed by atoms with Gasteiger partial charge in [0, 0.05) is 38.4 Å². The lowest BCUT2D eigenvalue weighted by atomic mass is 10.1. The number of benzene rings is 1. The van der Waals surface area contributed by atoms with Crippen LogP contribution < -0.4 is 5.32 Å². The lowest BCUT2D eigenvalue weighted by Crippen LogP contribution is -2.25. The first-order chi connectivity index (χ1) is 9.58. The second-order valence-corrected chi connectivity index (χ2v) is 7.03. The summed E-state index contributed by atoms with van der Waals surface area (Å²) in [5.74, 6) is 1.14. The standard InChI is InChI=1S/C14H17N3O2S/c1-17-9-8-16-14(17)6-7-15-12-10-20(18,19)13-5-3-2-4-11(12)13/h2-5,8-9,12,15H,6-7,10H2,1H3. The SMILES string of the molecule is Cn1ccnc1CCNC1CS(=O)(=O)c2ccccc21. The first-order valence-corrected chi connectivity index (χ1v) is 8.24. The number of fused-ring (bicyclic) bond motifs is 1. The number of imidazole rings is 1. The van der Waals surface area contributed by atoms with Gasteiger partial charge in [-0.25, -0.2) is 13.4 Å². The molecule has 2 aromatic rings. The lowest BCUT2D eigenvalue weighted by molar-refractivity contribution is 0.560. The Labute approximate surface area is 118 Å². The number of aryl methyl sites for hydroxylation is 1. The molecule has 0 amide bonds. The highest BCUT2D eigenvalue weighted by Gasteiger charge is 2.33. The second kappa shape index (κ2) is 5.03. The average Bonchev–Trinajstić information content (AvgIpc) is 2.93. The molecule has 1 aliphatic heterocycles. The van der Waals surface area contributed by atoms with Crippen molar-refractivity contribution in [3.63, 3.8) is 0 Å². The van der Waals surface area contributed by atoms with Crippen molar-refractivity contribution in [2.24, 2.45) is 7.05 Å². The zero-order valence-corrected chi connectivity index (χ0v) is 12.1. The number of nitrogens with one attached hydrogen (secondary N) is 1. The predicted molar refractivity (Wildman–Crippen MR) is 76.2 cm³/mol. The molecule has 0 spiro atoms. The van der Waals surface area contributed by atoms with Crippen molar-refractivity contribution < 1.29 is 8.42 Å². The van der Waals surface area contributed by atoms with Crippen LogP contribution >= 0.6 is 0 Å². The van der Waals surface area contributed by atoms with Crippen molar-refractivity contribution in [1.29, 1.82) is 0 Å². The molecular weight excluding hydrogens is 274 g/mol. The molecule has 0 aliphatic carbocycles. The maximum atomic E-state index is 12.1. The van der Waals surface area contributed by atoms with Crippen LogP contribution in [0.15, 0.2) is 41.6 Å². The number of hydrogen-bond acceptors (Lipinski definition) is 4. The fraction of sp³-hybridized carbons (Fsp3) is 0.357. The molecule has 0 saturated heterocycles. The van der Waals surface area contributed by atoms with E-state index in [1.165, 1.54) is 0 Å². The van der Waals surface area contributed by atoms with Gasteiger partial charge in [0.25, 0.3) is 0 Å². The van der Waals surface area contributed by atoms with E-state index >= 15 is 0 Å². The zero-order valence-electron chi connectivity index (χ0n) is 11.3. The summed E-state index contributed by atoms with van der Waals surface area (Å²) in [6.07, 6.45) is 4.46. The van der Waals surface area contributed by atoms with E-state index in [2.05, 4.69) is 10.3 Å². The van der Waals surface area contributed by atoms with Crippen LogP contribution in [0.2, 0.25) is 0 Å². The molecule has 20 heavy (non-hydrogen) atoms. The van der Waals surface area contributed by atoms with Crippen LogP contribution in [-0.4, -0.2) is 30.3 Å². The fourth-order valence-electron chi connectivity index (χ4n) is 2.62. The van der Waals surface area contributed by atoms with Crippen LogP contribution in [0.1, 0.15) is 17.4 Å². The van der Waals surface area contributed by atoms with Crippen LogP contribution in [0.4, 0.5) is 0 Å². The van der Waals surface area contributed by atoms with Crippen molar-refractivity contribution >= 4 is 9.84 Å². The van der Waals surface area contributed by atoms with E-state index in [0.29, 0.717) is 11.4 Å².